The first-order chi connectivity index (χ1) is 15.3. The SMILES string of the molecule is CSCc1cccc(Nc2nc(O[C@H]3CC[C@@H](O)CC3)c3ccc(C(F)(F)F)cc3n2)c1. The summed E-state index contributed by atoms with van der Waals surface area (Å²) in [5.74, 6) is 1.25. The van der Waals surface area contributed by atoms with Crippen LogP contribution in [-0.2, 0) is 11.9 Å². The van der Waals surface area contributed by atoms with E-state index in [1.54, 1.807) is 11.8 Å². The van der Waals surface area contributed by atoms with Gasteiger partial charge in [-0.25, -0.2) is 4.98 Å². The third-order valence-corrected chi connectivity index (χ3v) is 6.03. The number of alkyl halides is 3. The molecule has 5 nitrogen and oxygen atoms in total. The van der Waals surface area contributed by atoms with E-state index >= 15 is 0 Å². The number of thioether (sulfide) groups is 1. The molecule has 0 unspecified atom stereocenters. The molecule has 1 aromatic heterocycles. The van der Waals surface area contributed by atoms with E-state index in [9.17, 15) is 18.3 Å². The Morgan fingerprint density at radius 2 is 1.88 bits per heavy atom. The second-order valence-corrected chi connectivity index (χ2v) is 8.75. The smallest absolute Gasteiger partial charge is 0.416 e. The van der Waals surface area contributed by atoms with Crippen molar-refractivity contribution in [3.05, 3.63) is 53.6 Å². The van der Waals surface area contributed by atoms with Gasteiger partial charge in [-0.05, 0) is 67.8 Å². The van der Waals surface area contributed by atoms with Gasteiger partial charge in [0.25, 0.3) is 0 Å². The van der Waals surface area contributed by atoms with Crippen LogP contribution in [0.2, 0.25) is 0 Å². The predicted molar refractivity (Wildman–Crippen MR) is 120 cm³/mol. The standard InChI is InChI=1S/C23H24F3N3O2S/c1-32-13-14-3-2-4-16(11-14)27-22-28-20-12-15(23(24,25)26)5-10-19(20)21(29-22)31-18-8-6-17(30)7-9-18/h2-5,10-12,17-18,30H,6-9,13H2,1H3,(H,27,28,29)/t17-,18+. The van der Waals surface area contributed by atoms with Crippen molar-refractivity contribution in [1.82, 2.24) is 9.97 Å². The molecule has 1 aliphatic rings. The Bertz CT molecular complexity index is 1090. The third kappa shape index (κ3) is 5.45. The highest BCUT2D eigenvalue weighted by atomic mass is 32.2. The normalized spacial score (nSPS) is 19.2. The Balaban J connectivity index is 1.70. The molecule has 0 radical (unpaired) electrons. The zero-order chi connectivity index (χ0) is 22.7. The Morgan fingerprint density at radius 1 is 1.09 bits per heavy atom. The Labute approximate surface area is 188 Å². The molecular weight excluding hydrogens is 439 g/mol. The number of ether oxygens (including phenoxy) is 1. The molecule has 0 aliphatic heterocycles. The van der Waals surface area contributed by atoms with Crippen LogP contribution in [0.5, 0.6) is 5.88 Å². The largest absolute Gasteiger partial charge is 0.474 e. The Kier molecular flexibility index (Phi) is 6.76. The van der Waals surface area contributed by atoms with Crippen molar-refractivity contribution in [1.29, 1.82) is 0 Å². The van der Waals surface area contributed by atoms with Gasteiger partial charge in [-0.3, -0.25) is 0 Å². The second-order valence-electron chi connectivity index (χ2n) is 7.89. The molecule has 1 fully saturated rings. The maximum absolute atomic E-state index is 13.3. The summed E-state index contributed by atoms with van der Waals surface area (Å²) in [6, 6.07) is 11.1. The highest BCUT2D eigenvalue weighted by Crippen LogP contribution is 2.35. The number of hydrogen-bond acceptors (Lipinski definition) is 6. The summed E-state index contributed by atoms with van der Waals surface area (Å²) in [6.45, 7) is 0. The van der Waals surface area contributed by atoms with Crippen molar-refractivity contribution in [3.8, 4) is 5.88 Å². The molecular formula is C23H24F3N3O2S. The molecule has 1 heterocycles. The highest BCUT2D eigenvalue weighted by Gasteiger charge is 2.31. The fourth-order valence-electron chi connectivity index (χ4n) is 3.78. The van der Waals surface area contributed by atoms with Crippen molar-refractivity contribution in [2.24, 2.45) is 0 Å². The van der Waals surface area contributed by atoms with E-state index in [1.165, 1.54) is 6.07 Å². The number of benzene rings is 2. The summed E-state index contributed by atoms with van der Waals surface area (Å²) in [6.07, 6.45) is -0.385. The second kappa shape index (κ2) is 9.54. The van der Waals surface area contributed by atoms with Crippen LogP contribution in [0.4, 0.5) is 24.8 Å². The van der Waals surface area contributed by atoms with Gasteiger partial charge in [-0.2, -0.15) is 29.9 Å². The first-order valence-electron chi connectivity index (χ1n) is 10.4. The minimum absolute atomic E-state index is 0.156. The van der Waals surface area contributed by atoms with E-state index in [0.29, 0.717) is 31.1 Å². The highest BCUT2D eigenvalue weighted by molar-refractivity contribution is 7.97. The third-order valence-electron chi connectivity index (χ3n) is 5.41. The number of nitrogens with one attached hydrogen (secondary N) is 1. The van der Waals surface area contributed by atoms with Crippen molar-refractivity contribution >= 4 is 34.3 Å². The summed E-state index contributed by atoms with van der Waals surface area (Å²) >= 11 is 1.69. The summed E-state index contributed by atoms with van der Waals surface area (Å²) < 4.78 is 45.9. The van der Waals surface area contributed by atoms with Gasteiger partial charge >= 0.3 is 6.18 Å². The number of rotatable bonds is 6. The zero-order valence-corrected chi connectivity index (χ0v) is 18.3. The van der Waals surface area contributed by atoms with Crippen molar-refractivity contribution in [3.63, 3.8) is 0 Å². The van der Waals surface area contributed by atoms with E-state index in [1.807, 2.05) is 30.5 Å². The van der Waals surface area contributed by atoms with Crippen molar-refractivity contribution in [2.45, 2.75) is 49.8 Å². The van der Waals surface area contributed by atoms with Crippen LogP contribution in [0.3, 0.4) is 0 Å². The van der Waals surface area contributed by atoms with Gasteiger partial charge in [-0.15, -0.1) is 0 Å². The van der Waals surface area contributed by atoms with E-state index in [-0.39, 0.29) is 29.6 Å². The number of fused-ring (bicyclic) bond motifs is 1. The van der Waals surface area contributed by atoms with E-state index in [4.69, 9.17) is 4.74 Å². The number of nitrogens with zero attached hydrogens (tertiary/aromatic N) is 2. The van der Waals surface area contributed by atoms with Crippen molar-refractivity contribution < 1.29 is 23.0 Å². The number of halogens is 3. The molecule has 1 saturated carbocycles. The van der Waals surface area contributed by atoms with Crippen LogP contribution < -0.4 is 10.1 Å². The number of anilines is 2. The summed E-state index contributed by atoms with van der Waals surface area (Å²) in [5, 5.41) is 13.3. The van der Waals surface area contributed by atoms with Gasteiger partial charge in [0, 0.05) is 11.4 Å². The fourth-order valence-corrected chi connectivity index (χ4v) is 4.29. The van der Waals surface area contributed by atoms with Gasteiger partial charge < -0.3 is 15.2 Å². The molecule has 32 heavy (non-hydrogen) atoms. The Morgan fingerprint density at radius 3 is 2.59 bits per heavy atom. The number of aromatic nitrogens is 2. The van der Waals surface area contributed by atoms with E-state index < -0.39 is 11.7 Å². The molecule has 2 N–H and O–H groups in total. The van der Waals surface area contributed by atoms with E-state index in [2.05, 4.69) is 15.3 Å². The van der Waals surface area contributed by atoms with Crippen LogP contribution >= 0.6 is 11.8 Å². The average molecular weight is 464 g/mol. The zero-order valence-electron chi connectivity index (χ0n) is 17.5. The topological polar surface area (TPSA) is 67.3 Å². The van der Waals surface area contributed by atoms with Crippen LogP contribution in [0.15, 0.2) is 42.5 Å². The molecule has 9 heteroatoms. The lowest BCUT2D eigenvalue weighted by molar-refractivity contribution is -0.137. The van der Waals surface area contributed by atoms with Gasteiger partial charge in [0.1, 0.15) is 6.10 Å². The molecule has 0 atom stereocenters. The van der Waals surface area contributed by atoms with Gasteiger partial charge in [-0.1, -0.05) is 12.1 Å². The molecule has 3 aromatic rings. The molecule has 4 rings (SSSR count). The number of aliphatic hydroxyl groups is 1. The monoisotopic (exact) mass is 463 g/mol. The molecule has 0 bridgehead atoms. The van der Waals surface area contributed by atoms with Gasteiger partial charge in [0.2, 0.25) is 11.8 Å². The summed E-state index contributed by atoms with van der Waals surface area (Å²) in [5.41, 5.74) is 1.24. The quantitative estimate of drug-likeness (QED) is 0.472. The minimum atomic E-state index is -4.47. The number of aliphatic hydroxyl groups excluding tert-OH is 1. The predicted octanol–water partition coefficient (Wildman–Crippen LogP) is 5.94. The Hall–Kier alpha value is -2.52. The molecule has 0 saturated heterocycles. The first kappa shape index (κ1) is 22.7. The summed E-state index contributed by atoms with van der Waals surface area (Å²) in [4.78, 5) is 8.82. The minimum Gasteiger partial charge on any atom is -0.474 e. The number of hydrogen-bond donors (Lipinski definition) is 2. The molecule has 0 amide bonds. The lowest BCUT2D eigenvalue weighted by Gasteiger charge is -2.26. The summed E-state index contributed by atoms with van der Waals surface area (Å²) in [7, 11) is 0. The lowest BCUT2D eigenvalue weighted by atomic mass is 9.95. The van der Waals surface area contributed by atoms with Gasteiger partial charge in [0.05, 0.1) is 22.6 Å². The maximum atomic E-state index is 13.3. The molecule has 2 aromatic carbocycles. The van der Waals surface area contributed by atoms with Crippen LogP contribution in [-0.4, -0.2) is 33.5 Å². The van der Waals surface area contributed by atoms with Crippen LogP contribution in [0.1, 0.15) is 36.8 Å². The average Bonchev–Trinajstić information content (AvgIpc) is 2.75. The van der Waals surface area contributed by atoms with Crippen molar-refractivity contribution in [2.75, 3.05) is 11.6 Å². The fraction of sp³-hybridized carbons (Fsp3) is 0.391. The van der Waals surface area contributed by atoms with Crippen LogP contribution in [0.25, 0.3) is 10.9 Å². The van der Waals surface area contributed by atoms with Crippen LogP contribution in [0, 0.1) is 0 Å². The molecule has 170 valence electrons. The first-order valence-corrected chi connectivity index (χ1v) is 11.8. The van der Waals surface area contributed by atoms with E-state index in [0.717, 1.165) is 29.1 Å². The lowest BCUT2D eigenvalue weighted by Crippen LogP contribution is -2.27. The van der Waals surface area contributed by atoms with Gasteiger partial charge in [0.15, 0.2) is 0 Å². The molecule has 1 aliphatic carbocycles. The molecule has 0 spiro atoms. The maximum Gasteiger partial charge on any atom is 0.416 e.